The van der Waals surface area contributed by atoms with E-state index < -0.39 is 10.8 Å². The Morgan fingerprint density at radius 2 is 1.85 bits per heavy atom. The van der Waals surface area contributed by atoms with Crippen molar-refractivity contribution < 1.29 is 22.9 Å². The van der Waals surface area contributed by atoms with E-state index in [2.05, 4.69) is 25.9 Å². The first-order valence-corrected chi connectivity index (χ1v) is 13.9. The number of nitrogens with one attached hydrogen (secondary N) is 3. The van der Waals surface area contributed by atoms with E-state index >= 15 is 0 Å². The van der Waals surface area contributed by atoms with Crippen LogP contribution in [0.5, 0.6) is 5.75 Å². The van der Waals surface area contributed by atoms with E-state index in [1.165, 1.54) is 24.7 Å². The first-order chi connectivity index (χ1) is 18.8. The quantitative estimate of drug-likeness (QED) is 0.242. The van der Waals surface area contributed by atoms with Crippen LogP contribution in [0.4, 0.5) is 21.6 Å². The summed E-state index contributed by atoms with van der Waals surface area (Å²) in [6.07, 6.45) is 2.92. The molecule has 0 aliphatic heterocycles. The molecule has 202 valence electrons. The van der Waals surface area contributed by atoms with Crippen molar-refractivity contribution in [3.8, 4) is 5.75 Å². The third-order valence-corrected chi connectivity index (χ3v) is 6.37. The van der Waals surface area contributed by atoms with Crippen molar-refractivity contribution in [1.82, 2.24) is 15.3 Å². The van der Waals surface area contributed by atoms with Gasteiger partial charge in [-0.1, -0.05) is 23.7 Å². The average Bonchev–Trinajstić information content (AvgIpc) is 2.88. The SMILES string of the molecule is CS(=O)CC(=O)NCCC(=O)Nc1ccc2ncnc(Nc3ccc(OCc4cccc(F)c4)c(Cl)c3)c2c1. The van der Waals surface area contributed by atoms with Crippen LogP contribution in [0.25, 0.3) is 10.9 Å². The molecule has 1 aromatic heterocycles. The summed E-state index contributed by atoms with van der Waals surface area (Å²) in [5, 5.41) is 9.60. The third kappa shape index (κ3) is 8.20. The van der Waals surface area contributed by atoms with E-state index in [9.17, 15) is 18.2 Å². The van der Waals surface area contributed by atoms with Crippen LogP contribution in [0.1, 0.15) is 12.0 Å². The van der Waals surface area contributed by atoms with Crippen LogP contribution in [0, 0.1) is 5.82 Å². The number of rotatable bonds is 11. The lowest BCUT2D eigenvalue weighted by Crippen LogP contribution is -2.31. The van der Waals surface area contributed by atoms with Gasteiger partial charge in [0.2, 0.25) is 11.8 Å². The van der Waals surface area contributed by atoms with Crippen molar-refractivity contribution in [2.75, 3.05) is 29.2 Å². The molecule has 0 saturated carbocycles. The fourth-order valence-corrected chi connectivity index (χ4v) is 4.34. The molecule has 1 unspecified atom stereocenters. The van der Waals surface area contributed by atoms with Crippen molar-refractivity contribution in [2.24, 2.45) is 0 Å². The highest BCUT2D eigenvalue weighted by Gasteiger charge is 2.11. The fourth-order valence-electron chi connectivity index (χ4n) is 3.63. The molecule has 0 aliphatic rings. The van der Waals surface area contributed by atoms with Gasteiger partial charge in [0.15, 0.2) is 0 Å². The smallest absolute Gasteiger partial charge is 0.232 e. The highest BCUT2D eigenvalue weighted by Crippen LogP contribution is 2.31. The molecule has 3 N–H and O–H groups in total. The van der Waals surface area contributed by atoms with Gasteiger partial charge in [-0.15, -0.1) is 0 Å². The van der Waals surface area contributed by atoms with Crippen LogP contribution >= 0.6 is 11.6 Å². The molecule has 0 saturated heterocycles. The highest BCUT2D eigenvalue weighted by molar-refractivity contribution is 7.85. The molecular formula is C27H25ClFN5O4S. The number of amides is 2. The van der Waals surface area contributed by atoms with Crippen molar-refractivity contribution in [1.29, 1.82) is 0 Å². The lowest BCUT2D eigenvalue weighted by Gasteiger charge is -2.13. The maximum atomic E-state index is 13.4. The molecule has 4 rings (SSSR count). The number of nitrogens with zero attached hydrogens (tertiary/aromatic N) is 2. The number of anilines is 3. The number of aromatic nitrogens is 2. The molecular weight excluding hydrogens is 545 g/mol. The Kier molecular flexibility index (Phi) is 9.40. The Bertz CT molecular complexity index is 1540. The van der Waals surface area contributed by atoms with E-state index in [1.54, 1.807) is 48.5 Å². The molecule has 0 fully saturated rings. The summed E-state index contributed by atoms with van der Waals surface area (Å²) >= 11 is 6.42. The van der Waals surface area contributed by atoms with Crippen LogP contribution in [-0.4, -0.2) is 44.5 Å². The number of halogens is 2. The number of hydrogen-bond donors (Lipinski definition) is 3. The molecule has 1 atom stereocenters. The second-order valence-corrected chi connectivity index (χ2v) is 10.4. The summed E-state index contributed by atoms with van der Waals surface area (Å²) in [5.74, 6) is -0.147. The van der Waals surface area contributed by atoms with Crippen LogP contribution in [0.3, 0.4) is 0 Å². The van der Waals surface area contributed by atoms with Crippen molar-refractivity contribution in [3.63, 3.8) is 0 Å². The largest absolute Gasteiger partial charge is 0.487 e. The number of fused-ring (bicyclic) bond motifs is 1. The maximum absolute atomic E-state index is 13.4. The Balaban J connectivity index is 1.40. The lowest BCUT2D eigenvalue weighted by atomic mass is 10.2. The van der Waals surface area contributed by atoms with E-state index in [4.69, 9.17) is 16.3 Å². The summed E-state index contributed by atoms with van der Waals surface area (Å²) < 4.78 is 30.2. The average molecular weight is 570 g/mol. The Hall–Kier alpha value is -4.09. The first-order valence-electron chi connectivity index (χ1n) is 11.8. The van der Waals surface area contributed by atoms with E-state index in [-0.39, 0.29) is 43.0 Å². The number of carbonyl (C=O) groups is 2. The molecule has 1 heterocycles. The van der Waals surface area contributed by atoms with Crippen molar-refractivity contribution in [2.45, 2.75) is 13.0 Å². The van der Waals surface area contributed by atoms with Gasteiger partial charge in [-0.25, -0.2) is 14.4 Å². The van der Waals surface area contributed by atoms with Crippen molar-refractivity contribution >= 4 is 62.3 Å². The van der Waals surface area contributed by atoms with Gasteiger partial charge in [0.1, 0.15) is 36.1 Å². The van der Waals surface area contributed by atoms with Crippen LogP contribution < -0.4 is 20.7 Å². The molecule has 0 radical (unpaired) electrons. The van der Waals surface area contributed by atoms with Gasteiger partial charge in [-0.2, -0.15) is 0 Å². The zero-order valence-corrected chi connectivity index (χ0v) is 22.4. The Morgan fingerprint density at radius 3 is 2.62 bits per heavy atom. The van der Waals surface area contributed by atoms with Gasteiger partial charge >= 0.3 is 0 Å². The minimum atomic E-state index is -1.24. The summed E-state index contributed by atoms with van der Waals surface area (Å²) in [5.41, 5.74) is 2.52. The number of benzene rings is 3. The molecule has 0 aliphatic carbocycles. The molecule has 4 aromatic rings. The molecule has 3 aromatic carbocycles. The van der Waals surface area contributed by atoms with Gasteiger partial charge in [0.25, 0.3) is 0 Å². The van der Waals surface area contributed by atoms with E-state index in [0.717, 1.165) is 0 Å². The van der Waals surface area contributed by atoms with E-state index in [0.29, 0.717) is 44.4 Å². The maximum Gasteiger partial charge on any atom is 0.232 e. The summed E-state index contributed by atoms with van der Waals surface area (Å²) in [6.45, 7) is 0.301. The Morgan fingerprint density at radius 1 is 1.03 bits per heavy atom. The fraction of sp³-hybridized carbons (Fsp3) is 0.185. The predicted molar refractivity (Wildman–Crippen MR) is 150 cm³/mol. The van der Waals surface area contributed by atoms with Crippen LogP contribution in [0.15, 0.2) is 67.0 Å². The normalized spacial score (nSPS) is 11.6. The number of ether oxygens (including phenoxy) is 1. The van der Waals surface area contributed by atoms with Gasteiger partial charge < -0.3 is 20.7 Å². The molecule has 2 amide bonds. The minimum absolute atomic E-state index is 0.0582. The van der Waals surface area contributed by atoms with Crippen LogP contribution in [0.2, 0.25) is 5.02 Å². The van der Waals surface area contributed by atoms with Gasteiger partial charge in [0, 0.05) is 46.8 Å². The summed E-state index contributed by atoms with van der Waals surface area (Å²) in [4.78, 5) is 32.5. The molecule has 0 spiro atoms. The number of hydrogen-bond acceptors (Lipinski definition) is 7. The van der Waals surface area contributed by atoms with Gasteiger partial charge in [-0.3, -0.25) is 13.8 Å². The minimum Gasteiger partial charge on any atom is -0.487 e. The lowest BCUT2D eigenvalue weighted by molar-refractivity contribution is -0.119. The van der Waals surface area contributed by atoms with Crippen LogP contribution in [-0.2, 0) is 27.0 Å². The highest BCUT2D eigenvalue weighted by atomic mass is 35.5. The molecule has 39 heavy (non-hydrogen) atoms. The standard InChI is InChI=1S/C27H25ClFN5O4S/c1-39(37)15-26(36)30-10-9-25(35)33-19-5-7-23-21(12-19)27(32-16-31-23)34-20-6-8-24(22(28)13-20)38-14-17-3-2-4-18(29)11-17/h2-8,11-13,16H,9-10,14-15H2,1H3,(H,30,36)(H,33,35)(H,31,32,34). The third-order valence-electron chi connectivity index (χ3n) is 5.41. The molecule has 9 nitrogen and oxygen atoms in total. The number of carbonyl (C=O) groups excluding carboxylic acids is 2. The summed E-state index contributed by atoms with van der Waals surface area (Å²) in [7, 11) is -1.24. The van der Waals surface area contributed by atoms with Crippen molar-refractivity contribution in [3.05, 3.63) is 83.4 Å². The topological polar surface area (TPSA) is 122 Å². The monoisotopic (exact) mass is 569 g/mol. The molecule has 0 bridgehead atoms. The first kappa shape index (κ1) is 27.9. The van der Waals surface area contributed by atoms with Gasteiger partial charge in [-0.05, 0) is 54.1 Å². The second kappa shape index (κ2) is 13.1. The summed E-state index contributed by atoms with van der Waals surface area (Å²) in [6, 6.07) is 16.5. The van der Waals surface area contributed by atoms with Gasteiger partial charge in [0.05, 0.1) is 10.5 Å². The zero-order valence-electron chi connectivity index (χ0n) is 20.9. The van der Waals surface area contributed by atoms with E-state index in [1.807, 2.05) is 0 Å². The Labute approximate surface area is 231 Å². The zero-order chi connectivity index (χ0) is 27.8. The second-order valence-electron chi connectivity index (χ2n) is 8.51. The predicted octanol–water partition coefficient (Wildman–Crippen LogP) is 4.57. The molecule has 12 heteroatoms.